The van der Waals surface area contributed by atoms with Gasteiger partial charge in [-0.1, -0.05) is 55.5 Å². The van der Waals surface area contributed by atoms with Gasteiger partial charge in [-0.3, -0.25) is 0 Å². The van der Waals surface area contributed by atoms with Crippen LogP contribution in [0.1, 0.15) is 20.3 Å². The molecule has 68 valence electrons. The molecule has 0 aliphatic rings. The number of hydrogen-bond donors (Lipinski definition) is 0. The van der Waals surface area contributed by atoms with E-state index in [4.69, 9.17) is 0 Å². The van der Waals surface area contributed by atoms with Crippen LogP contribution in [0, 0.1) is 0 Å². The van der Waals surface area contributed by atoms with E-state index in [0.717, 1.165) is 6.42 Å². The zero-order valence-electron chi connectivity index (χ0n) is 8.33. The summed E-state index contributed by atoms with van der Waals surface area (Å²) in [7, 11) is 0. The number of allylic oxidation sites excluding steroid dienone is 2. The molecule has 0 N–H and O–H groups in total. The third kappa shape index (κ3) is 2.90. The van der Waals surface area contributed by atoms with Crippen LogP contribution < -0.4 is 10.4 Å². The fraction of sp³-hybridized carbons (Fsp3) is 0.231. The van der Waals surface area contributed by atoms with Crippen LogP contribution in [0.15, 0.2) is 36.4 Å². The molecule has 0 aliphatic carbocycles. The van der Waals surface area contributed by atoms with Gasteiger partial charge in [0.15, 0.2) is 0 Å². The van der Waals surface area contributed by atoms with Gasteiger partial charge in [0.05, 0.1) is 0 Å². The maximum Gasteiger partial charge on any atom is -0.0187 e. The molecule has 0 aromatic heterocycles. The Bertz CT molecular complexity index is 383. The highest BCUT2D eigenvalue weighted by molar-refractivity contribution is 5.39. The summed E-state index contributed by atoms with van der Waals surface area (Å²) < 4.78 is 0. The summed E-state index contributed by atoms with van der Waals surface area (Å²) in [6, 6.07) is 8.40. The van der Waals surface area contributed by atoms with Crippen LogP contribution in [0.5, 0.6) is 0 Å². The molecule has 13 heavy (non-hydrogen) atoms. The molecule has 1 aromatic rings. The number of benzene rings is 1. The fourth-order valence-electron chi connectivity index (χ4n) is 1.23. The summed E-state index contributed by atoms with van der Waals surface area (Å²) in [4.78, 5) is 0. The molecule has 0 heteroatoms. The van der Waals surface area contributed by atoms with Gasteiger partial charge < -0.3 is 0 Å². The van der Waals surface area contributed by atoms with Gasteiger partial charge in [0.1, 0.15) is 0 Å². The van der Waals surface area contributed by atoms with E-state index >= 15 is 0 Å². The fourth-order valence-corrected chi connectivity index (χ4v) is 1.23. The van der Waals surface area contributed by atoms with Gasteiger partial charge >= 0.3 is 0 Å². The van der Waals surface area contributed by atoms with Crippen molar-refractivity contribution >= 4 is 12.2 Å². The zero-order chi connectivity index (χ0) is 9.52. The van der Waals surface area contributed by atoms with E-state index in [1.165, 1.54) is 10.4 Å². The third-order valence-corrected chi connectivity index (χ3v) is 1.95. The van der Waals surface area contributed by atoms with Crippen LogP contribution in [0.25, 0.3) is 12.2 Å². The van der Waals surface area contributed by atoms with Crippen molar-refractivity contribution in [1.82, 2.24) is 0 Å². The molecule has 0 radical (unpaired) electrons. The molecule has 0 saturated carbocycles. The minimum atomic E-state index is 1.09. The Kier molecular flexibility index (Phi) is 4.04. The van der Waals surface area contributed by atoms with Crippen LogP contribution in [0.2, 0.25) is 0 Å². The van der Waals surface area contributed by atoms with E-state index < -0.39 is 0 Å². The van der Waals surface area contributed by atoms with E-state index in [2.05, 4.69) is 62.4 Å². The van der Waals surface area contributed by atoms with Crippen molar-refractivity contribution in [2.75, 3.05) is 0 Å². The molecule has 0 heterocycles. The van der Waals surface area contributed by atoms with Crippen molar-refractivity contribution in [2.24, 2.45) is 0 Å². The lowest BCUT2D eigenvalue weighted by molar-refractivity contribution is 1.23. The Morgan fingerprint density at radius 3 is 2.46 bits per heavy atom. The summed E-state index contributed by atoms with van der Waals surface area (Å²) in [6.45, 7) is 4.21. The lowest BCUT2D eigenvalue weighted by Gasteiger charge is -1.87. The zero-order valence-corrected chi connectivity index (χ0v) is 8.33. The lowest BCUT2D eigenvalue weighted by Crippen LogP contribution is -2.22. The standard InChI is InChI=1S/C13H16/c1-3-5-6-10-13-11-8-7-9-12(13)4-2/h4-11H,3H2,1-2H3/b6-5+,12-4-,13-10-. The van der Waals surface area contributed by atoms with E-state index in [9.17, 15) is 0 Å². The highest BCUT2D eigenvalue weighted by Crippen LogP contribution is 1.80. The van der Waals surface area contributed by atoms with Gasteiger partial charge in [0.25, 0.3) is 0 Å². The van der Waals surface area contributed by atoms with Crippen LogP contribution in [-0.2, 0) is 0 Å². The molecule has 0 bridgehead atoms. The molecular weight excluding hydrogens is 156 g/mol. The van der Waals surface area contributed by atoms with Gasteiger partial charge in [-0.25, -0.2) is 0 Å². The van der Waals surface area contributed by atoms with Crippen molar-refractivity contribution in [3.63, 3.8) is 0 Å². The second kappa shape index (κ2) is 5.36. The average molecular weight is 172 g/mol. The Labute approximate surface area is 79.9 Å². The number of hydrogen-bond acceptors (Lipinski definition) is 0. The smallest absolute Gasteiger partial charge is 0.0187 e. The first kappa shape index (κ1) is 9.79. The first-order chi connectivity index (χ1) is 6.38. The van der Waals surface area contributed by atoms with Crippen molar-refractivity contribution in [3.8, 4) is 0 Å². The van der Waals surface area contributed by atoms with Crippen molar-refractivity contribution in [2.45, 2.75) is 20.3 Å². The summed E-state index contributed by atoms with van der Waals surface area (Å²) in [5, 5.41) is 2.58. The maximum absolute atomic E-state index is 2.16. The molecule has 0 nitrogen and oxygen atoms in total. The van der Waals surface area contributed by atoms with Gasteiger partial charge in [-0.2, -0.15) is 0 Å². The van der Waals surface area contributed by atoms with Crippen LogP contribution >= 0.6 is 0 Å². The van der Waals surface area contributed by atoms with Gasteiger partial charge in [-0.05, 0) is 23.8 Å². The average Bonchev–Trinajstić information content (AvgIpc) is 2.19. The quantitative estimate of drug-likeness (QED) is 0.641. The molecule has 0 atom stereocenters. The molecule has 0 amide bonds. The Morgan fingerprint density at radius 1 is 1.15 bits per heavy atom. The first-order valence-corrected chi connectivity index (χ1v) is 4.76. The molecule has 1 aromatic carbocycles. The molecule has 0 aliphatic heterocycles. The normalized spacial score (nSPS) is 14.3. The third-order valence-electron chi connectivity index (χ3n) is 1.95. The summed E-state index contributed by atoms with van der Waals surface area (Å²) in [5.74, 6) is 0. The molecular formula is C13H16. The highest BCUT2D eigenvalue weighted by Gasteiger charge is 1.79. The minimum absolute atomic E-state index is 1.09. The minimum Gasteiger partial charge on any atom is -0.0848 e. The predicted molar refractivity (Wildman–Crippen MR) is 59.7 cm³/mol. The van der Waals surface area contributed by atoms with Crippen molar-refractivity contribution < 1.29 is 0 Å². The van der Waals surface area contributed by atoms with Gasteiger partial charge in [-0.15, -0.1) is 0 Å². The van der Waals surface area contributed by atoms with E-state index in [-0.39, 0.29) is 0 Å². The molecule has 0 spiro atoms. The SMILES string of the molecule is C/C=c1/cccc/c1=C/C=C/CC. The van der Waals surface area contributed by atoms with Crippen LogP contribution in [0.4, 0.5) is 0 Å². The van der Waals surface area contributed by atoms with Crippen molar-refractivity contribution in [3.05, 3.63) is 46.9 Å². The Balaban J connectivity index is 3.14. The van der Waals surface area contributed by atoms with E-state index in [0.29, 0.717) is 0 Å². The Hall–Kier alpha value is -1.30. The van der Waals surface area contributed by atoms with Gasteiger partial charge in [0.2, 0.25) is 0 Å². The second-order valence-electron chi connectivity index (χ2n) is 2.92. The highest BCUT2D eigenvalue weighted by atomic mass is 13.8. The first-order valence-electron chi connectivity index (χ1n) is 4.76. The van der Waals surface area contributed by atoms with Crippen LogP contribution in [0.3, 0.4) is 0 Å². The molecule has 0 unspecified atom stereocenters. The van der Waals surface area contributed by atoms with E-state index in [1.54, 1.807) is 0 Å². The van der Waals surface area contributed by atoms with Crippen LogP contribution in [-0.4, -0.2) is 0 Å². The monoisotopic (exact) mass is 172 g/mol. The Morgan fingerprint density at radius 2 is 1.85 bits per heavy atom. The summed E-state index contributed by atoms with van der Waals surface area (Å²) >= 11 is 0. The van der Waals surface area contributed by atoms with Crippen molar-refractivity contribution in [1.29, 1.82) is 0 Å². The molecule has 1 rings (SSSR count). The molecule has 0 fully saturated rings. The predicted octanol–water partition coefficient (Wildman–Crippen LogP) is 2.23. The maximum atomic E-state index is 2.16. The summed E-state index contributed by atoms with van der Waals surface area (Å²) in [5.41, 5.74) is 0. The van der Waals surface area contributed by atoms with Gasteiger partial charge in [0, 0.05) is 0 Å². The topological polar surface area (TPSA) is 0 Å². The largest absolute Gasteiger partial charge is 0.0848 e. The second-order valence-corrected chi connectivity index (χ2v) is 2.92. The van der Waals surface area contributed by atoms with E-state index in [1.807, 2.05) is 0 Å². The number of rotatable bonds is 2. The summed E-state index contributed by atoms with van der Waals surface area (Å²) in [6.07, 6.45) is 9.65. The molecule has 0 saturated heterocycles. The lowest BCUT2D eigenvalue weighted by atomic mass is 10.2.